The number of alkyl carbamates (subject to hydrolysis) is 1. The molecule has 0 saturated heterocycles. The molecule has 3 N–H and O–H groups in total. The third-order valence-corrected chi connectivity index (χ3v) is 2.74. The van der Waals surface area contributed by atoms with Gasteiger partial charge in [0.25, 0.3) is 0 Å². The fourth-order valence-electron chi connectivity index (χ4n) is 1.89. The highest BCUT2D eigenvalue weighted by Gasteiger charge is 2.15. The molecule has 0 radical (unpaired) electrons. The van der Waals surface area contributed by atoms with E-state index in [1.807, 2.05) is 27.7 Å². The van der Waals surface area contributed by atoms with Crippen molar-refractivity contribution in [2.75, 3.05) is 19.6 Å². The Bertz CT molecular complexity index is 383. The first-order valence-electron chi connectivity index (χ1n) is 7.57. The van der Waals surface area contributed by atoms with Crippen LogP contribution in [0.5, 0.6) is 0 Å². The van der Waals surface area contributed by atoms with Crippen LogP contribution >= 0.6 is 24.0 Å². The summed E-state index contributed by atoms with van der Waals surface area (Å²) >= 11 is 0. The number of carbonyl (C=O) groups is 1. The van der Waals surface area contributed by atoms with Crippen LogP contribution in [0.1, 0.15) is 40.5 Å². The van der Waals surface area contributed by atoms with Crippen LogP contribution in [0.25, 0.3) is 0 Å². The van der Waals surface area contributed by atoms with Crippen LogP contribution in [0, 0.1) is 0 Å². The molecule has 1 amide bonds. The number of nitrogens with one attached hydrogen (secondary N) is 3. The molecule has 22 heavy (non-hydrogen) atoms. The number of amides is 1. The number of guanidine groups is 1. The lowest BCUT2D eigenvalue weighted by molar-refractivity contribution is 0.0529. The smallest absolute Gasteiger partial charge is 0.407 e. The van der Waals surface area contributed by atoms with Crippen molar-refractivity contribution in [2.45, 2.75) is 52.2 Å². The zero-order valence-corrected chi connectivity index (χ0v) is 16.3. The van der Waals surface area contributed by atoms with Gasteiger partial charge in [0.2, 0.25) is 0 Å². The number of rotatable bonds is 5. The first-order valence-corrected chi connectivity index (χ1v) is 7.57. The molecule has 0 bridgehead atoms. The van der Waals surface area contributed by atoms with Crippen molar-refractivity contribution in [3.63, 3.8) is 0 Å². The van der Waals surface area contributed by atoms with Crippen LogP contribution in [-0.2, 0) is 4.74 Å². The Morgan fingerprint density at radius 3 is 2.45 bits per heavy atom. The van der Waals surface area contributed by atoms with Crippen molar-refractivity contribution in [1.29, 1.82) is 0 Å². The van der Waals surface area contributed by atoms with E-state index in [1.54, 1.807) is 0 Å². The molecule has 128 valence electrons. The van der Waals surface area contributed by atoms with Crippen LogP contribution in [0.15, 0.2) is 17.1 Å². The summed E-state index contributed by atoms with van der Waals surface area (Å²) in [6, 6.07) is 0.418. The summed E-state index contributed by atoms with van der Waals surface area (Å²) in [5.74, 6) is 0.789. The van der Waals surface area contributed by atoms with Crippen LogP contribution in [0.3, 0.4) is 0 Å². The number of hydrogen-bond donors (Lipinski definition) is 3. The van der Waals surface area contributed by atoms with E-state index in [9.17, 15) is 4.79 Å². The molecular weight excluding hydrogens is 395 g/mol. The highest BCUT2D eigenvalue weighted by molar-refractivity contribution is 14.0. The Labute approximate surface area is 150 Å². The Morgan fingerprint density at radius 2 is 1.91 bits per heavy atom. The lowest BCUT2D eigenvalue weighted by atomic mass is 10.2. The van der Waals surface area contributed by atoms with Gasteiger partial charge in [-0.15, -0.1) is 24.0 Å². The van der Waals surface area contributed by atoms with E-state index in [4.69, 9.17) is 4.74 Å². The highest BCUT2D eigenvalue weighted by Crippen LogP contribution is 2.08. The first-order chi connectivity index (χ1) is 9.90. The molecule has 1 aliphatic rings. The van der Waals surface area contributed by atoms with Gasteiger partial charge in [-0.25, -0.2) is 4.79 Å². The van der Waals surface area contributed by atoms with Gasteiger partial charge < -0.3 is 20.7 Å². The molecule has 0 aromatic heterocycles. The molecule has 1 rings (SSSR count). The van der Waals surface area contributed by atoms with E-state index in [1.165, 1.54) is 0 Å². The summed E-state index contributed by atoms with van der Waals surface area (Å²) in [6.07, 6.45) is 5.99. The highest BCUT2D eigenvalue weighted by atomic mass is 127. The van der Waals surface area contributed by atoms with Crippen molar-refractivity contribution in [3.8, 4) is 0 Å². The van der Waals surface area contributed by atoms with E-state index >= 15 is 0 Å². The minimum Gasteiger partial charge on any atom is -0.444 e. The predicted molar refractivity (Wildman–Crippen MR) is 101 cm³/mol. The maximum atomic E-state index is 11.5. The number of hydrogen-bond acceptors (Lipinski definition) is 3. The summed E-state index contributed by atoms with van der Waals surface area (Å²) in [4.78, 5) is 15.9. The van der Waals surface area contributed by atoms with Crippen LogP contribution in [0.4, 0.5) is 4.79 Å². The van der Waals surface area contributed by atoms with Crippen molar-refractivity contribution in [2.24, 2.45) is 4.99 Å². The van der Waals surface area contributed by atoms with Crippen molar-refractivity contribution < 1.29 is 9.53 Å². The summed E-state index contributed by atoms with van der Waals surface area (Å²) < 4.78 is 5.16. The first kappa shape index (κ1) is 21.0. The molecule has 0 unspecified atom stereocenters. The van der Waals surface area contributed by atoms with E-state index < -0.39 is 11.7 Å². The van der Waals surface area contributed by atoms with Gasteiger partial charge in [-0.05, 0) is 40.5 Å². The Hall–Kier alpha value is -0.990. The van der Waals surface area contributed by atoms with E-state index in [0.29, 0.717) is 19.1 Å². The monoisotopic (exact) mass is 424 g/mol. The molecule has 0 aliphatic heterocycles. The second kappa shape index (κ2) is 10.7. The zero-order valence-electron chi connectivity index (χ0n) is 13.9. The van der Waals surface area contributed by atoms with Gasteiger partial charge >= 0.3 is 6.09 Å². The molecule has 6 nitrogen and oxygen atoms in total. The SMILES string of the molecule is CCNC(=NCCNC(=O)OC(C)(C)C)NC1CC=CC1.I. The van der Waals surface area contributed by atoms with E-state index in [2.05, 4.69) is 33.1 Å². The quantitative estimate of drug-likeness (QED) is 0.208. The lowest BCUT2D eigenvalue weighted by Crippen LogP contribution is -2.43. The third-order valence-electron chi connectivity index (χ3n) is 2.74. The molecular formula is C15H29IN4O2. The van der Waals surface area contributed by atoms with Gasteiger partial charge in [-0.1, -0.05) is 12.2 Å². The average Bonchev–Trinajstić information content (AvgIpc) is 2.85. The molecule has 0 atom stereocenters. The molecule has 0 fully saturated rings. The fourth-order valence-corrected chi connectivity index (χ4v) is 1.89. The maximum absolute atomic E-state index is 11.5. The summed E-state index contributed by atoms with van der Waals surface area (Å²) in [7, 11) is 0. The molecule has 0 aromatic carbocycles. The number of halogens is 1. The van der Waals surface area contributed by atoms with E-state index in [0.717, 1.165) is 25.3 Å². The van der Waals surface area contributed by atoms with E-state index in [-0.39, 0.29) is 24.0 Å². The Morgan fingerprint density at radius 1 is 1.27 bits per heavy atom. The lowest BCUT2D eigenvalue weighted by Gasteiger charge is -2.19. The standard InChI is InChI=1S/C15H28N4O2.HI/c1-5-16-13(19-12-8-6-7-9-12)17-10-11-18-14(20)21-15(2,3)4;/h6-7,12H,5,8-11H2,1-4H3,(H,18,20)(H2,16,17,19);1H. The Balaban J connectivity index is 0.00000441. The largest absolute Gasteiger partial charge is 0.444 e. The molecule has 0 saturated carbocycles. The van der Waals surface area contributed by atoms with Crippen LogP contribution < -0.4 is 16.0 Å². The molecule has 1 aliphatic carbocycles. The second-order valence-corrected chi connectivity index (χ2v) is 5.97. The van der Waals surface area contributed by atoms with Gasteiger partial charge in [-0.2, -0.15) is 0 Å². The van der Waals surface area contributed by atoms with Gasteiger partial charge in [-0.3, -0.25) is 4.99 Å². The fraction of sp³-hybridized carbons (Fsp3) is 0.733. The number of aliphatic imine (C=N–C) groups is 1. The van der Waals surface area contributed by atoms with Gasteiger partial charge in [0.15, 0.2) is 5.96 Å². The van der Waals surface area contributed by atoms with Crippen molar-refractivity contribution >= 4 is 36.0 Å². The summed E-state index contributed by atoms with van der Waals surface area (Å²) in [5.41, 5.74) is -0.473. The zero-order chi connectivity index (χ0) is 15.7. The number of ether oxygens (including phenoxy) is 1. The molecule has 0 spiro atoms. The Kier molecular flexibility index (Phi) is 10.2. The van der Waals surface area contributed by atoms with Crippen molar-refractivity contribution in [1.82, 2.24) is 16.0 Å². The van der Waals surface area contributed by atoms with Gasteiger partial charge in [0, 0.05) is 19.1 Å². The number of carbonyl (C=O) groups excluding carboxylic acids is 1. The van der Waals surface area contributed by atoms with Gasteiger partial charge in [0.1, 0.15) is 5.60 Å². The summed E-state index contributed by atoms with van der Waals surface area (Å²) in [5, 5.41) is 9.27. The minimum absolute atomic E-state index is 0. The maximum Gasteiger partial charge on any atom is 0.407 e. The topological polar surface area (TPSA) is 74.8 Å². The predicted octanol–water partition coefficient (Wildman–Crippen LogP) is 2.40. The molecule has 7 heteroatoms. The average molecular weight is 424 g/mol. The minimum atomic E-state index is -0.473. The number of nitrogens with zero attached hydrogens (tertiary/aromatic N) is 1. The second-order valence-electron chi connectivity index (χ2n) is 5.97. The van der Waals surface area contributed by atoms with Crippen molar-refractivity contribution in [3.05, 3.63) is 12.2 Å². The normalized spacial score (nSPS) is 15.2. The molecule has 0 aromatic rings. The summed E-state index contributed by atoms with van der Waals surface area (Å²) in [6.45, 7) is 9.33. The van der Waals surface area contributed by atoms with Crippen LogP contribution in [0.2, 0.25) is 0 Å². The molecule has 0 heterocycles. The van der Waals surface area contributed by atoms with Gasteiger partial charge in [0.05, 0.1) is 6.54 Å². The van der Waals surface area contributed by atoms with Crippen LogP contribution in [-0.4, -0.2) is 43.3 Å². The third kappa shape index (κ3) is 9.86.